The lowest BCUT2D eigenvalue weighted by atomic mass is 10.0. The number of H-pyrrole nitrogens is 1. The van der Waals surface area contributed by atoms with Gasteiger partial charge in [0.25, 0.3) is 5.91 Å². The molecule has 0 saturated heterocycles. The Morgan fingerprint density at radius 1 is 1.23 bits per heavy atom. The van der Waals surface area contributed by atoms with Gasteiger partial charge in [-0.05, 0) is 43.1 Å². The molecule has 3 rings (SSSR count). The van der Waals surface area contributed by atoms with E-state index in [-0.39, 0.29) is 29.3 Å². The number of fused-ring (bicyclic) bond motifs is 1. The molecule has 0 bridgehead atoms. The Morgan fingerprint density at radius 2 is 2.05 bits per heavy atom. The summed E-state index contributed by atoms with van der Waals surface area (Å²) in [5.74, 6) is -0.389. The van der Waals surface area contributed by atoms with Crippen LogP contribution >= 0.6 is 12.4 Å². The maximum absolute atomic E-state index is 12.2. The van der Waals surface area contributed by atoms with Gasteiger partial charge in [-0.25, -0.2) is 0 Å². The van der Waals surface area contributed by atoms with Gasteiger partial charge in [-0.3, -0.25) is 9.59 Å². The van der Waals surface area contributed by atoms with E-state index < -0.39 is 0 Å². The zero-order valence-electron chi connectivity index (χ0n) is 12.2. The first-order valence-corrected chi connectivity index (χ1v) is 6.97. The van der Waals surface area contributed by atoms with Crippen LogP contribution in [0.5, 0.6) is 0 Å². The summed E-state index contributed by atoms with van der Waals surface area (Å²) < 4.78 is 0. The maximum atomic E-state index is 12.2. The molecule has 2 heterocycles. The molecule has 22 heavy (non-hydrogen) atoms. The van der Waals surface area contributed by atoms with Crippen molar-refractivity contribution in [2.75, 3.05) is 11.9 Å². The van der Waals surface area contributed by atoms with E-state index in [1.165, 1.54) is 23.4 Å². The standard InChI is InChI=1S/C16H17N3O2.ClH/c1-10-6-15(20)14(9-18-10)16(21)19-13-3-2-11-4-5-17-8-12(11)7-13;/h2-3,6-7,9,17H,4-5,8H2,1H3,(H,18,20)(H,19,21);1H. The molecule has 0 saturated carbocycles. The van der Waals surface area contributed by atoms with E-state index in [9.17, 15) is 9.59 Å². The van der Waals surface area contributed by atoms with Crippen molar-refractivity contribution in [3.8, 4) is 0 Å². The van der Waals surface area contributed by atoms with Crippen LogP contribution in [0.3, 0.4) is 0 Å². The van der Waals surface area contributed by atoms with E-state index in [2.05, 4.69) is 15.6 Å². The van der Waals surface area contributed by atoms with Crippen molar-refractivity contribution in [2.24, 2.45) is 0 Å². The first-order chi connectivity index (χ1) is 10.1. The quantitative estimate of drug-likeness (QED) is 0.792. The molecule has 2 aromatic rings. The molecule has 0 spiro atoms. The second kappa shape index (κ2) is 6.77. The fraction of sp³-hybridized carbons (Fsp3) is 0.250. The summed E-state index contributed by atoms with van der Waals surface area (Å²) in [7, 11) is 0. The lowest BCUT2D eigenvalue weighted by Crippen LogP contribution is -2.24. The number of carbonyl (C=O) groups excluding carboxylic acids is 1. The Morgan fingerprint density at radius 3 is 2.82 bits per heavy atom. The minimum atomic E-state index is -0.389. The summed E-state index contributed by atoms with van der Waals surface area (Å²) in [6.45, 7) is 3.57. The van der Waals surface area contributed by atoms with E-state index in [0.29, 0.717) is 5.69 Å². The first kappa shape index (κ1) is 16.3. The highest BCUT2D eigenvalue weighted by Crippen LogP contribution is 2.19. The molecule has 0 atom stereocenters. The van der Waals surface area contributed by atoms with Gasteiger partial charge in [0.1, 0.15) is 5.56 Å². The average molecular weight is 320 g/mol. The van der Waals surface area contributed by atoms with Gasteiger partial charge in [0, 0.05) is 30.2 Å². The van der Waals surface area contributed by atoms with Gasteiger partial charge in [-0.2, -0.15) is 0 Å². The van der Waals surface area contributed by atoms with E-state index in [0.717, 1.165) is 25.2 Å². The third-order valence-corrected chi connectivity index (χ3v) is 3.65. The summed E-state index contributed by atoms with van der Waals surface area (Å²) in [5, 5.41) is 6.08. The van der Waals surface area contributed by atoms with Crippen LogP contribution in [-0.2, 0) is 13.0 Å². The molecule has 0 radical (unpaired) electrons. The molecule has 1 aliphatic rings. The van der Waals surface area contributed by atoms with Crippen molar-refractivity contribution in [3.05, 3.63) is 63.1 Å². The Bertz CT molecular complexity index is 755. The van der Waals surface area contributed by atoms with Crippen molar-refractivity contribution in [1.82, 2.24) is 10.3 Å². The summed E-state index contributed by atoms with van der Waals surface area (Å²) in [4.78, 5) is 26.9. The molecule has 6 heteroatoms. The van der Waals surface area contributed by atoms with Crippen LogP contribution in [0.25, 0.3) is 0 Å². The van der Waals surface area contributed by atoms with Crippen LogP contribution in [0.4, 0.5) is 5.69 Å². The van der Waals surface area contributed by atoms with E-state index in [1.807, 2.05) is 18.2 Å². The number of hydrogen-bond acceptors (Lipinski definition) is 3. The molecule has 3 N–H and O–H groups in total. The molecule has 0 fully saturated rings. The largest absolute Gasteiger partial charge is 0.364 e. The molecule has 1 amide bonds. The van der Waals surface area contributed by atoms with Crippen LogP contribution in [0.15, 0.2) is 35.3 Å². The smallest absolute Gasteiger partial charge is 0.261 e. The van der Waals surface area contributed by atoms with Crippen molar-refractivity contribution in [3.63, 3.8) is 0 Å². The van der Waals surface area contributed by atoms with Gasteiger partial charge in [-0.15, -0.1) is 12.4 Å². The monoisotopic (exact) mass is 319 g/mol. The number of amides is 1. The molecule has 0 unspecified atom stereocenters. The van der Waals surface area contributed by atoms with Crippen LogP contribution in [0.2, 0.25) is 0 Å². The number of aryl methyl sites for hydroxylation is 1. The Kier molecular flexibility index (Phi) is 5.00. The third-order valence-electron chi connectivity index (χ3n) is 3.65. The first-order valence-electron chi connectivity index (χ1n) is 6.97. The van der Waals surface area contributed by atoms with Crippen LogP contribution in [0.1, 0.15) is 27.2 Å². The van der Waals surface area contributed by atoms with Crippen molar-refractivity contribution in [1.29, 1.82) is 0 Å². The number of aromatic nitrogens is 1. The lowest BCUT2D eigenvalue weighted by Gasteiger charge is -2.18. The Labute approximate surface area is 134 Å². The number of hydrogen-bond donors (Lipinski definition) is 3. The fourth-order valence-electron chi connectivity index (χ4n) is 2.51. The lowest BCUT2D eigenvalue weighted by molar-refractivity contribution is 0.102. The summed E-state index contributed by atoms with van der Waals surface area (Å²) in [6.07, 6.45) is 2.45. The van der Waals surface area contributed by atoms with Gasteiger partial charge in [0.15, 0.2) is 5.43 Å². The van der Waals surface area contributed by atoms with Crippen LogP contribution < -0.4 is 16.1 Å². The molecule has 0 aliphatic carbocycles. The van der Waals surface area contributed by atoms with Crippen molar-refractivity contribution in [2.45, 2.75) is 19.9 Å². The number of benzene rings is 1. The predicted molar refractivity (Wildman–Crippen MR) is 88.9 cm³/mol. The van der Waals surface area contributed by atoms with Crippen molar-refractivity contribution < 1.29 is 4.79 Å². The number of pyridine rings is 1. The highest BCUT2D eigenvalue weighted by molar-refractivity contribution is 6.04. The molecule has 1 aromatic heterocycles. The van der Waals surface area contributed by atoms with Gasteiger partial charge in [0.05, 0.1) is 0 Å². The zero-order valence-corrected chi connectivity index (χ0v) is 13.0. The molecular weight excluding hydrogens is 302 g/mol. The maximum Gasteiger partial charge on any atom is 0.261 e. The average Bonchev–Trinajstić information content (AvgIpc) is 2.47. The molecule has 1 aromatic carbocycles. The number of carbonyl (C=O) groups is 1. The minimum Gasteiger partial charge on any atom is -0.364 e. The molecular formula is C16H18ClN3O2. The second-order valence-electron chi connectivity index (χ2n) is 5.26. The van der Waals surface area contributed by atoms with Gasteiger partial charge in [-0.1, -0.05) is 6.07 Å². The Balaban J connectivity index is 0.00000176. The third kappa shape index (κ3) is 3.37. The van der Waals surface area contributed by atoms with E-state index in [1.54, 1.807) is 6.92 Å². The number of anilines is 1. The van der Waals surface area contributed by atoms with E-state index in [4.69, 9.17) is 0 Å². The number of aromatic amines is 1. The SMILES string of the molecule is Cc1cc(=O)c(C(=O)Nc2ccc3c(c2)CNCC3)c[nH]1.Cl. The Hall–Kier alpha value is -2.11. The van der Waals surface area contributed by atoms with Crippen LogP contribution in [-0.4, -0.2) is 17.4 Å². The fourth-order valence-corrected chi connectivity index (χ4v) is 2.51. The summed E-state index contributed by atoms with van der Waals surface area (Å²) in [5.41, 5.74) is 3.79. The number of rotatable bonds is 2. The highest BCUT2D eigenvalue weighted by Gasteiger charge is 2.13. The normalized spacial score (nSPS) is 13.0. The van der Waals surface area contributed by atoms with Gasteiger partial charge in [0.2, 0.25) is 0 Å². The summed E-state index contributed by atoms with van der Waals surface area (Å²) in [6, 6.07) is 7.29. The van der Waals surface area contributed by atoms with Gasteiger partial charge < -0.3 is 15.6 Å². The van der Waals surface area contributed by atoms with Crippen LogP contribution in [0, 0.1) is 6.92 Å². The zero-order chi connectivity index (χ0) is 14.8. The summed E-state index contributed by atoms with van der Waals surface area (Å²) >= 11 is 0. The molecule has 1 aliphatic heterocycles. The highest BCUT2D eigenvalue weighted by atomic mass is 35.5. The number of halogens is 1. The number of nitrogens with one attached hydrogen (secondary N) is 3. The topological polar surface area (TPSA) is 74.0 Å². The molecule has 116 valence electrons. The van der Waals surface area contributed by atoms with E-state index >= 15 is 0 Å². The van der Waals surface area contributed by atoms with Gasteiger partial charge >= 0.3 is 0 Å². The minimum absolute atomic E-state index is 0. The predicted octanol–water partition coefficient (Wildman–Crippen LogP) is 2.00. The van der Waals surface area contributed by atoms with Crippen molar-refractivity contribution >= 4 is 24.0 Å². The second-order valence-corrected chi connectivity index (χ2v) is 5.26. The molecule has 5 nitrogen and oxygen atoms in total.